The second-order valence-electron chi connectivity index (χ2n) is 4.76. The van der Waals surface area contributed by atoms with E-state index in [0.717, 1.165) is 30.0 Å². The molecule has 1 aromatic carbocycles. The van der Waals surface area contributed by atoms with Gasteiger partial charge in [-0.05, 0) is 37.0 Å². The number of halogens is 1. The molecule has 0 aromatic heterocycles. The molecule has 0 aliphatic carbocycles. The summed E-state index contributed by atoms with van der Waals surface area (Å²) in [5.41, 5.74) is 2.32. The first-order chi connectivity index (χ1) is 8.62. The minimum atomic E-state index is 0.194. The Morgan fingerprint density at radius 1 is 1.28 bits per heavy atom. The van der Waals surface area contributed by atoms with Gasteiger partial charge in [0.15, 0.2) is 0 Å². The highest BCUT2D eigenvalue weighted by atomic mass is 35.5. The van der Waals surface area contributed by atoms with Crippen LogP contribution in [0, 0.1) is 6.92 Å². The maximum Gasteiger partial charge on any atom is 0.0558 e. The molecule has 1 aromatic rings. The van der Waals surface area contributed by atoms with Crippen molar-refractivity contribution < 1.29 is 5.11 Å². The third kappa shape index (κ3) is 4.27. The lowest BCUT2D eigenvalue weighted by molar-refractivity contribution is 0.136. The zero-order chi connectivity index (χ0) is 13.5. The van der Waals surface area contributed by atoms with Gasteiger partial charge in [0.25, 0.3) is 0 Å². The third-order valence-corrected chi connectivity index (χ3v) is 3.78. The van der Waals surface area contributed by atoms with E-state index < -0.39 is 0 Å². The summed E-state index contributed by atoms with van der Waals surface area (Å²) in [6.45, 7) is 8.13. The highest BCUT2D eigenvalue weighted by Crippen LogP contribution is 2.21. The molecule has 0 atom stereocenters. The summed E-state index contributed by atoms with van der Waals surface area (Å²) in [7, 11) is 0. The van der Waals surface area contributed by atoms with Crippen LogP contribution in [-0.2, 0) is 6.54 Å². The predicted molar refractivity (Wildman–Crippen MR) is 78.1 cm³/mol. The first-order valence-corrected chi connectivity index (χ1v) is 7.10. The summed E-state index contributed by atoms with van der Waals surface area (Å²) in [5.74, 6) is 0. The first-order valence-electron chi connectivity index (χ1n) is 6.72. The van der Waals surface area contributed by atoms with Crippen LogP contribution in [0.3, 0.4) is 0 Å². The van der Waals surface area contributed by atoms with E-state index in [-0.39, 0.29) is 6.61 Å². The molecule has 0 heterocycles. The van der Waals surface area contributed by atoms with Crippen LogP contribution in [0.2, 0.25) is 5.02 Å². The van der Waals surface area contributed by atoms with Crippen LogP contribution in [-0.4, -0.2) is 29.2 Å². The highest BCUT2D eigenvalue weighted by molar-refractivity contribution is 6.31. The average molecular weight is 270 g/mol. The summed E-state index contributed by atoms with van der Waals surface area (Å²) in [4.78, 5) is 2.32. The topological polar surface area (TPSA) is 23.5 Å². The molecule has 0 amide bonds. The number of aliphatic hydroxyl groups excluding tert-OH is 1. The molecule has 0 saturated heterocycles. The van der Waals surface area contributed by atoms with Crippen LogP contribution in [0.4, 0.5) is 0 Å². The fourth-order valence-electron chi connectivity index (χ4n) is 2.32. The molecule has 1 N–H and O–H groups in total. The van der Waals surface area contributed by atoms with Crippen molar-refractivity contribution >= 4 is 11.6 Å². The molecule has 0 aliphatic heterocycles. The van der Waals surface area contributed by atoms with E-state index in [0.29, 0.717) is 12.6 Å². The lowest BCUT2D eigenvalue weighted by Crippen LogP contribution is -2.36. The van der Waals surface area contributed by atoms with Crippen LogP contribution in [0.5, 0.6) is 0 Å². The molecule has 0 fully saturated rings. The van der Waals surface area contributed by atoms with Gasteiger partial charge in [-0.15, -0.1) is 0 Å². The van der Waals surface area contributed by atoms with Gasteiger partial charge in [0.05, 0.1) is 6.61 Å². The van der Waals surface area contributed by atoms with E-state index in [4.69, 9.17) is 11.6 Å². The second-order valence-corrected chi connectivity index (χ2v) is 5.17. The molecular formula is C15H24ClNO. The second kappa shape index (κ2) is 7.78. The van der Waals surface area contributed by atoms with Crippen molar-refractivity contribution in [3.05, 3.63) is 34.3 Å². The van der Waals surface area contributed by atoms with E-state index in [1.54, 1.807) is 0 Å². The Balaban J connectivity index is 2.82. The van der Waals surface area contributed by atoms with E-state index in [9.17, 15) is 5.11 Å². The summed E-state index contributed by atoms with van der Waals surface area (Å²) in [6.07, 6.45) is 2.19. The van der Waals surface area contributed by atoms with Crippen LogP contribution in [0.25, 0.3) is 0 Å². The molecule has 0 spiro atoms. The molecule has 0 unspecified atom stereocenters. The largest absolute Gasteiger partial charge is 0.395 e. The zero-order valence-electron chi connectivity index (χ0n) is 11.6. The summed E-state index contributed by atoms with van der Waals surface area (Å²) < 4.78 is 0. The van der Waals surface area contributed by atoms with Gasteiger partial charge in [-0.25, -0.2) is 0 Å². The third-order valence-electron chi connectivity index (χ3n) is 3.43. The number of hydrogen-bond donors (Lipinski definition) is 1. The van der Waals surface area contributed by atoms with Crippen molar-refractivity contribution in [2.45, 2.75) is 46.2 Å². The van der Waals surface area contributed by atoms with Crippen molar-refractivity contribution in [3.63, 3.8) is 0 Å². The molecular weight excluding hydrogens is 246 g/mol. The molecule has 0 aliphatic rings. The van der Waals surface area contributed by atoms with Crippen molar-refractivity contribution in [1.29, 1.82) is 0 Å². The molecule has 0 saturated carbocycles. The average Bonchev–Trinajstić information content (AvgIpc) is 2.34. The minimum Gasteiger partial charge on any atom is -0.395 e. The maximum atomic E-state index is 9.19. The van der Waals surface area contributed by atoms with Gasteiger partial charge in [-0.3, -0.25) is 4.90 Å². The smallest absolute Gasteiger partial charge is 0.0558 e. The Morgan fingerprint density at radius 2 is 1.94 bits per heavy atom. The number of hydrogen-bond acceptors (Lipinski definition) is 2. The monoisotopic (exact) mass is 269 g/mol. The molecule has 0 radical (unpaired) electrons. The van der Waals surface area contributed by atoms with E-state index in [2.05, 4.69) is 30.9 Å². The van der Waals surface area contributed by atoms with Gasteiger partial charge in [-0.2, -0.15) is 0 Å². The lowest BCUT2D eigenvalue weighted by atomic mass is 10.1. The SMILES string of the molecule is CCC(CC)N(CCO)Cc1ccc(C)cc1Cl. The van der Waals surface area contributed by atoms with Crippen molar-refractivity contribution in [1.82, 2.24) is 4.90 Å². The Hall–Kier alpha value is -0.570. The van der Waals surface area contributed by atoms with Crippen LogP contribution in [0.1, 0.15) is 37.8 Å². The first kappa shape index (κ1) is 15.5. The number of aryl methyl sites for hydroxylation is 1. The Labute approximate surface area is 116 Å². The number of benzene rings is 1. The van der Waals surface area contributed by atoms with Gasteiger partial charge in [0, 0.05) is 24.2 Å². The minimum absolute atomic E-state index is 0.194. The zero-order valence-corrected chi connectivity index (χ0v) is 12.4. The number of nitrogens with zero attached hydrogens (tertiary/aromatic N) is 1. The van der Waals surface area contributed by atoms with Crippen LogP contribution < -0.4 is 0 Å². The lowest BCUT2D eigenvalue weighted by Gasteiger charge is -2.30. The van der Waals surface area contributed by atoms with Gasteiger partial charge in [0.1, 0.15) is 0 Å². The molecule has 3 heteroatoms. The fraction of sp³-hybridized carbons (Fsp3) is 0.600. The Bertz CT molecular complexity index is 364. The van der Waals surface area contributed by atoms with Crippen LogP contribution >= 0.6 is 11.6 Å². The van der Waals surface area contributed by atoms with E-state index in [1.165, 1.54) is 5.56 Å². The molecule has 0 bridgehead atoms. The van der Waals surface area contributed by atoms with E-state index in [1.807, 2.05) is 13.0 Å². The van der Waals surface area contributed by atoms with Gasteiger partial charge >= 0.3 is 0 Å². The summed E-state index contributed by atoms with van der Waals surface area (Å²) >= 11 is 6.28. The van der Waals surface area contributed by atoms with Crippen molar-refractivity contribution in [2.75, 3.05) is 13.2 Å². The van der Waals surface area contributed by atoms with Crippen molar-refractivity contribution in [3.8, 4) is 0 Å². The highest BCUT2D eigenvalue weighted by Gasteiger charge is 2.16. The van der Waals surface area contributed by atoms with E-state index >= 15 is 0 Å². The molecule has 18 heavy (non-hydrogen) atoms. The number of aliphatic hydroxyl groups is 1. The normalized spacial score (nSPS) is 11.5. The fourth-order valence-corrected chi connectivity index (χ4v) is 2.62. The maximum absolute atomic E-state index is 9.19. The quantitative estimate of drug-likeness (QED) is 0.817. The Kier molecular flexibility index (Phi) is 6.69. The van der Waals surface area contributed by atoms with Gasteiger partial charge in [-0.1, -0.05) is 37.6 Å². The number of rotatable bonds is 7. The standard InChI is InChI=1S/C15H24ClNO/c1-4-14(5-2)17(8-9-18)11-13-7-6-12(3)10-15(13)16/h6-7,10,14,18H,4-5,8-9,11H2,1-3H3. The molecule has 2 nitrogen and oxygen atoms in total. The summed E-state index contributed by atoms with van der Waals surface area (Å²) in [6, 6.07) is 6.69. The van der Waals surface area contributed by atoms with Crippen molar-refractivity contribution in [2.24, 2.45) is 0 Å². The van der Waals surface area contributed by atoms with Gasteiger partial charge < -0.3 is 5.11 Å². The Morgan fingerprint density at radius 3 is 2.44 bits per heavy atom. The molecule has 102 valence electrons. The predicted octanol–water partition coefficient (Wildman–Crippen LogP) is 3.63. The summed E-state index contributed by atoms with van der Waals surface area (Å²) in [5, 5.41) is 10.0. The van der Waals surface area contributed by atoms with Gasteiger partial charge in [0.2, 0.25) is 0 Å². The molecule has 1 rings (SSSR count). The van der Waals surface area contributed by atoms with Crippen LogP contribution in [0.15, 0.2) is 18.2 Å².